The summed E-state index contributed by atoms with van der Waals surface area (Å²) in [6, 6.07) is 0. The molecule has 11 heavy (non-hydrogen) atoms. The van der Waals surface area contributed by atoms with Gasteiger partial charge in [-0.1, -0.05) is 6.42 Å². The fourth-order valence-electron chi connectivity index (χ4n) is 2.72. The van der Waals surface area contributed by atoms with E-state index < -0.39 is 0 Å². The van der Waals surface area contributed by atoms with E-state index in [2.05, 4.69) is 6.26 Å². The fourth-order valence-corrected chi connectivity index (χ4v) is 3.79. The lowest BCUT2D eigenvalue weighted by atomic mass is 9.51. The van der Waals surface area contributed by atoms with Gasteiger partial charge in [0.15, 0.2) is 0 Å². The molecule has 0 aliphatic heterocycles. The number of rotatable bonds is 2. The largest absolute Gasteiger partial charge is 0.329 e. The molecule has 64 valence electrons. The molecule has 0 atom stereocenters. The average Bonchev–Trinajstić information content (AvgIpc) is 1.85. The minimum atomic E-state index is 0.487. The van der Waals surface area contributed by atoms with E-state index in [9.17, 15) is 0 Å². The first kappa shape index (κ1) is 7.93. The summed E-state index contributed by atoms with van der Waals surface area (Å²) in [6.45, 7) is 0.885. The van der Waals surface area contributed by atoms with E-state index in [0.717, 1.165) is 12.0 Å². The van der Waals surface area contributed by atoms with Crippen LogP contribution in [0.4, 0.5) is 0 Å². The molecule has 0 radical (unpaired) electrons. The average molecular weight is 171 g/mol. The van der Waals surface area contributed by atoms with E-state index in [4.69, 9.17) is 5.73 Å². The van der Waals surface area contributed by atoms with Crippen LogP contribution in [-0.4, -0.2) is 17.5 Å². The van der Waals surface area contributed by atoms with E-state index in [0.29, 0.717) is 4.75 Å². The summed E-state index contributed by atoms with van der Waals surface area (Å²) in [4.78, 5) is 0. The van der Waals surface area contributed by atoms with Crippen molar-refractivity contribution in [3.05, 3.63) is 0 Å². The molecule has 0 heterocycles. The van der Waals surface area contributed by atoms with Gasteiger partial charge in [-0.3, -0.25) is 0 Å². The third-order valence-electron chi connectivity index (χ3n) is 3.61. The lowest BCUT2D eigenvalue weighted by Crippen LogP contribution is -2.56. The van der Waals surface area contributed by atoms with Crippen molar-refractivity contribution in [2.45, 2.75) is 36.9 Å². The zero-order valence-electron chi connectivity index (χ0n) is 7.23. The van der Waals surface area contributed by atoms with Crippen LogP contribution < -0.4 is 5.73 Å². The quantitative estimate of drug-likeness (QED) is 0.688. The Labute approximate surface area is 73.1 Å². The van der Waals surface area contributed by atoms with Crippen LogP contribution in [0.5, 0.6) is 0 Å². The standard InChI is InChI=1S/C9H17NS/c1-11-9(7-10)5-8(6-9)3-2-4-8/h2-7,10H2,1H3. The summed E-state index contributed by atoms with van der Waals surface area (Å²) >= 11 is 1.99. The first-order valence-electron chi connectivity index (χ1n) is 4.50. The predicted molar refractivity (Wildman–Crippen MR) is 50.8 cm³/mol. The van der Waals surface area contributed by atoms with Crippen LogP contribution in [0.25, 0.3) is 0 Å². The van der Waals surface area contributed by atoms with Crippen LogP contribution in [0.3, 0.4) is 0 Å². The Balaban J connectivity index is 1.93. The van der Waals surface area contributed by atoms with E-state index in [1.807, 2.05) is 11.8 Å². The fraction of sp³-hybridized carbons (Fsp3) is 1.00. The van der Waals surface area contributed by atoms with E-state index in [1.54, 1.807) is 0 Å². The minimum Gasteiger partial charge on any atom is -0.329 e. The summed E-state index contributed by atoms with van der Waals surface area (Å²) in [5, 5.41) is 0. The molecule has 1 nitrogen and oxygen atoms in total. The molecule has 2 rings (SSSR count). The van der Waals surface area contributed by atoms with E-state index in [-0.39, 0.29) is 0 Å². The highest BCUT2D eigenvalue weighted by Crippen LogP contribution is 2.63. The molecule has 2 saturated carbocycles. The molecule has 0 aromatic carbocycles. The molecule has 0 aromatic heterocycles. The van der Waals surface area contributed by atoms with Crippen LogP contribution in [0, 0.1) is 5.41 Å². The maximum atomic E-state index is 5.76. The summed E-state index contributed by atoms with van der Waals surface area (Å²) < 4.78 is 0.487. The van der Waals surface area contributed by atoms with Crippen LogP contribution >= 0.6 is 11.8 Å². The first-order chi connectivity index (χ1) is 5.24. The van der Waals surface area contributed by atoms with Gasteiger partial charge in [0.1, 0.15) is 0 Å². The van der Waals surface area contributed by atoms with Crippen LogP contribution in [0.15, 0.2) is 0 Å². The molecule has 2 aliphatic carbocycles. The number of nitrogens with two attached hydrogens (primary N) is 1. The van der Waals surface area contributed by atoms with Gasteiger partial charge in [0.05, 0.1) is 0 Å². The van der Waals surface area contributed by atoms with Crippen molar-refractivity contribution >= 4 is 11.8 Å². The summed E-state index contributed by atoms with van der Waals surface area (Å²) in [5.41, 5.74) is 6.54. The number of hydrogen-bond acceptors (Lipinski definition) is 2. The second kappa shape index (κ2) is 2.40. The van der Waals surface area contributed by atoms with Gasteiger partial charge in [-0.2, -0.15) is 11.8 Å². The Morgan fingerprint density at radius 3 is 2.27 bits per heavy atom. The van der Waals surface area contributed by atoms with Crippen molar-refractivity contribution in [1.82, 2.24) is 0 Å². The molecular formula is C9H17NS. The van der Waals surface area contributed by atoms with Crippen molar-refractivity contribution < 1.29 is 0 Å². The summed E-state index contributed by atoms with van der Waals surface area (Å²) in [5.74, 6) is 0. The third-order valence-corrected chi connectivity index (χ3v) is 4.93. The number of thioether (sulfide) groups is 1. The molecular weight excluding hydrogens is 154 g/mol. The molecule has 2 aliphatic rings. The summed E-state index contributed by atoms with van der Waals surface area (Å²) in [6.07, 6.45) is 9.44. The maximum absolute atomic E-state index is 5.76. The third kappa shape index (κ3) is 1.03. The van der Waals surface area contributed by atoms with Gasteiger partial charge >= 0.3 is 0 Å². The minimum absolute atomic E-state index is 0.487. The smallest absolute Gasteiger partial charge is 0.0290 e. The van der Waals surface area contributed by atoms with Crippen molar-refractivity contribution in [3.8, 4) is 0 Å². The van der Waals surface area contributed by atoms with Crippen LogP contribution in [0.2, 0.25) is 0 Å². The lowest BCUT2D eigenvalue weighted by molar-refractivity contribution is -0.00122. The van der Waals surface area contributed by atoms with Gasteiger partial charge in [0.25, 0.3) is 0 Å². The monoisotopic (exact) mass is 171 g/mol. The molecule has 2 heteroatoms. The molecule has 2 N–H and O–H groups in total. The highest BCUT2D eigenvalue weighted by molar-refractivity contribution is 8.00. The normalized spacial score (nSPS) is 31.1. The predicted octanol–water partition coefficient (Wildman–Crippen LogP) is 2.01. The molecule has 0 amide bonds. The Bertz CT molecular complexity index is 149. The van der Waals surface area contributed by atoms with Crippen molar-refractivity contribution in [3.63, 3.8) is 0 Å². The van der Waals surface area contributed by atoms with Gasteiger partial charge in [0.2, 0.25) is 0 Å². The van der Waals surface area contributed by atoms with Gasteiger partial charge in [0, 0.05) is 11.3 Å². The highest BCUT2D eigenvalue weighted by atomic mass is 32.2. The Morgan fingerprint density at radius 1 is 1.36 bits per heavy atom. The van der Waals surface area contributed by atoms with Crippen molar-refractivity contribution in [2.75, 3.05) is 12.8 Å². The zero-order valence-corrected chi connectivity index (χ0v) is 8.04. The maximum Gasteiger partial charge on any atom is 0.0290 e. The van der Waals surface area contributed by atoms with Crippen molar-refractivity contribution in [1.29, 1.82) is 0 Å². The van der Waals surface area contributed by atoms with E-state index in [1.165, 1.54) is 32.1 Å². The Morgan fingerprint density at radius 2 is 2.00 bits per heavy atom. The van der Waals surface area contributed by atoms with Crippen LogP contribution in [0.1, 0.15) is 32.1 Å². The summed E-state index contributed by atoms with van der Waals surface area (Å²) in [7, 11) is 0. The van der Waals surface area contributed by atoms with Gasteiger partial charge in [-0.25, -0.2) is 0 Å². The lowest BCUT2D eigenvalue weighted by Gasteiger charge is -2.60. The molecule has 0 saturated heterocycles. The van der Waals surface area contributed by atoms with Gasteiger partial charge in [-0.05, 0) is 37.4 Å². The van der Waals surface area contributed by atoms with E-state index >= 15 is 0 Å². The van der Waals surface area contributed by atoms with Crippen LogP contribution in [-0.2, 0) is 0 Å². The first-order valence-corrected chi connectivity index (χ1v) is 5.72. The van der Waals surface area contributed by atoms with Gasteiger partial charge in [-0.15, -0.1) is 0 Å². The topological polar surface area (TPSA) is 26.0 Å². The molecule has 1 spiro atoms. The van der Waals surface area contributed by atoms with Gasteiger partial charge < -0.3 is 5.73 Å². The second-order valence-corrected chi connectivity index (χ2v) is 5.57. The zero-order chi connectivity index (χ0) is 7.95. The molecule has 0 unspecified atom stereocenters. The Kier molecular flexibility index (Phi) is 1.73. The SMILES string of the molecule is CSC1(CN)CC2(CCC2)C1. The number of hydrogen-bond donors (Lipinski definition) is 1. The molecule has 2 fully saturated rings. The second-order valence-electron chi connectivity index (χ2n) is 4.30. The van der Waals surface area contributed by atoms with Crippen molar-refractivity contribution in [2.24, 2.45) is 11.1 Å². The molecule has 0 aromatic rings. The Hall–Kier alpha value is 0.310. The highest BCUT2D eigenvalue weighted by Gasteiger charge is 2.55. The molecule has 0 bridgehead atoms.